The first kappa shape index (κ1) is 21.5. The topological polar surface area (TPSA) is 0 Å². The Morgan fingerprint density at radius 1 is 0.552 bits per heavy atom. The lowest BCUT2D eigenvalue weighted by Gasteiger charge is -2.24. The lowest BCUT2D eigenvalue weighted by molar-refractivity contribution is 0.445. The summed E-state index contributed by atoms with van der Waals surface area (Å²) in [6, 6.07) is 18.8. The molecule has 0 aliphatic heterocycles. The van der Waals surface area contributed by atoms with E-state index in [2.05, 4.69) is 48.5 Å². The van der Waals surface area contributed by atoms with Crippen molar-refractivity contribution in [2.24, 2.45) is 0 Å². The van der Waals surface area contributed by atoms with E-state index in [1.54, 1.807) is 21.7 Å². The van der Waals surface area contributed by atoms with Crippen molar-refractivity contribution < 1.29 is 0 Å². The van der Waals surface area contributed by atoms with Crippen LogP contribution in [0.5, 0.6) is 0 Å². The van der Waals surface area contributed by atoms with E-state index in [0.717, 1.165) is 29.0 Å². The molecule has 0 spiro atoms. The molecule has 2 atom stereocenters. The summed E-state index contributed by atoms with van der Waals surface area (Å²) in [7, 11) is 2.00. The van der Waals surface area contributed by atoms with Crippen molar-refractivity contribution in [1.82, 2.24) is 0 Å². The summed E-state index contributed by atoms with van der Waals surface area (Å²) in [4.78, 5) is 0. The maximum absolute atomic E-state index is 2.43. The van der Waals surface area contributed by atoms with E-state index in [4.69, 9.17) is 0 Å². The van der Waals surface area contributed by atoms with Crippen LogP contribution in [0.3, 0.4) is 0 Å². The Bertz CT molecular complexity index is 678. The third kappa shape index (κ3) is 6.15. The van der Waals surface area contributed by atoms with Gasteiger partial charge in [0, 0.05) is 0 Å². The van der Waals surface area contributed by atoms with Crippen molar-refractivity contribution in [3.05, 3.63) is 59.7 Å². The first-order valence-corrected chi connectivity index (χ1v) is 14.5. The van der Waals surface area contributed by atoms with E-state index in [9.17, 15) is 0 Å². The molecule has 0 amide bonds. The molecule has 2 saturated carbocycles. The molecule has 2 unspecified atom stereocenters. The Balaban J connectivity index is 1.27. The van der Waals surface area contributed by atoms with Crippen molar-refractivity contribution >= 4 is 27.8 Å². The highest BCUT2D eigenvalue weighted by atomic mass is 31.1. The minimum absolute atomic E-state index is 0.844. The predicted molar refractivity (Wildman–Crippen MR) is 135 cm³/mol. The maximum Gasteiger partial charge on any atom is -0.0156 e. The highest BCUT2D eigenvalue weighted by Gasteiger charge is 2.19. The van der Waals surface area contributed by atoms with Crippen LogP contribution in [-0.4, -0.2) is 12.3 Å². The monoisotopic (exact) mass is 424 g/mol. The van der Waals surface area contributed by atoms with Gasteiger partial charge >= 0.3 is 0 Å². The van der Waals surface area contributed by atoms with Gasteiger partial charge in [-0.25, -0.2) is 0 Å². The zero-order chi connectivity index (χ0) is 19.7. The van der Waals surface area contributed by atoms with Crippen molar-refractivity contribution in [3.63, 3.8) is 0 Å². The second-order valence-corrected chi connectivity index (χ2v) is 11.8. The van der Waals surface area contributed by atoms with Crippen LogP contribution in [-0.2, 0) is 0 Å². The summed E-state index contributed by atoms with van der Waals surface area (Å²) in [6.45, 7) is 0. The largest absolute Gasteiger partial charge is 0.0901 e. The predicted octanol–water partition coefficient (Wildman–Crippen LogP) is 7.48. The van der Waals surface area contributed by atoms with E-state index in [-0.39, 0.29) is 0 Å². The van der Waals surface area contributed by atoms with Crippen molar-refractivity contribution in [2.45, 2.75) is 82.5 Å². The van der Waals surface area contributed by atoms with Gasteiger partial charge in [0.05, 0.1) is 0 Å². The molecule has 2 fully saturated rings. The van der Waals surface area contributed by atoms with Gasteiger partial charge in [-0.1, -0.05) is 104 Å². The Labute approximate surface area is 182 Å². The third-order valence-electron chi connectivity index (χ3n) is 7.00. The fourth-order valence-corrected chi connectivity index (χ4v) is 8.40. The van der Waals surface area contributed by atoms with Gasteiger partial charge in [0.1, 0.15) is 0 Å². The summed E-state index contributed by atoms with van der Waals surface area (Å²) in [5.41, 5.74) is 3.38. The summed E-state index contributed by atoms with van der Waals surface area (Å²) in [5, 5.41) is 3.34. The fourth-order valence-electron chi connectivity index (χ4n) is 5.39. The first-order valence-electron chi connectivity index (χ1n) is 12.1. The Morgan fingerprint density at radius 3 is 1.41 bits per heavy atom. The second kappa shape index (κ2) is 11.6. The summed E-state index contributed by atoms with van der Waals surface area (Å²) >= 11 is 0. The lowest BCUT2D eigenvalue weighted by Crippen LogP contribution is -2.14. The average Bonchev–Trinajstić information content (AvgIpc) is 2.80. The average molecular weight is 425 g/mol. The molecule has 2 aliphatic carbocycles. The van der Waals surface area contributed by atoms with Crippen LogP contribution in [0.4, 0.5) is 0 Å². The normalized spacial score (nSPS) is 19.6. The van der Waals surface area contributed by atoms with E-state index in [1.807, 2.05) is 0 Å². The molecule has 156 valence electrons. The van der Waals surface area contributed by atoms with Crippen LogP contribution in [0.25, 0.3) is 0 Å². The molecule has 2 aromatic carbocycles. The molecule has 29 heavy (non-hydrogen) atoms. The third-order valence-corrected chi connectivity index (χ3v) is 9.88. The van der Waals surface area contributed by atoms with Crippen LogP contribution in [0.15, 0.2) is 48.5 Å². The maximum atomic E-state index is 2.43. The molecule has 4 rings (SSSR count). The summed E-state index contributed by atoms with van der Waals surface area (Å²) < 4.78 is 0. The van der Waals surface area contributed by atoms with Gasteiger partial charge < -0.3 is 0 Å². The standard InChI is InChI=1S/C27H38P2/c1-3-12-22(13-4-1)24-16-7-9-18-26(24)28-20-11-21-29-27-19-10-8-17-25(27)23-14-5-2-6-15-23/h7-10,16-19,22-23,28-29H,1-6,11-15,20-21H2. The van der Waals surface area contributed by atoms with Gasteiger partial charge in [0.2, 0.25) is 0 Å². The molecule has 0 heterocycles. The second-order valence-electron chi connectivity index (χ2n) is 9.05. The quantitative estimate of drug-likeness (QED) is 0.304. The smallest absolute Gasteiger partial charge is 0.0156 e. The first-order chi connectivity index (χ1) is 14.4. The Hall–Kier alpha value is -0.700. The van der Waals surface area contributed by atoms with Gasteiger partial charge in [0.25, 0.3) is 0 Å². The van der Waals surface area contributed by atoms with Gasteiger partial charge in [-0.15, -0.1) is 0 Å². The number of benzene rings is 2. The molecular weight excluding hydrogens is 386 g/mol. The van der Waals surface area contributed by atoms with Crippen LogP contribution in [0, 0.1) is 0 Å². The van der Waals surface area contributed by atoms with Gasteiger partial charge in [-0.05, 0) is 78.0 Å². The molecule has 2 aliphatic rings. The molecule has 0 radical (unpaired) electrons. The number of hydrogen-bond donors (Lipinski definition) is 0. The highest BCUT2D eigenvalue weighted by molar-refractivity contribution is 7.48. The molecule has 0 N–H and O–H groups in total. The number of rotatable bonds is 8. The summed E-state index contributed by atoms with van der Waals surface area (Å²) in [6.07, 6.45) is 18.4. The van der Waals surface area contributed by atoms with Crippen LogP contribution >= 0.6 is 17.2 Å². The van der Waals surface area contributed by atoms with E-state index in [1.165, 1.54) is 83.0 Å². The van der Waals surface area contributed by atoms with Crippen molar-refractivity contribution in [3.8, 4) is 0 Å². The Morgan fingerprint density at radius 2 is 0.966 bits per heavy atom. The number of hydrogen-bond acceptors (Lipinski definition) is 0. The molecule has 2 heteroatoms. The van der Waals surface area contributed by atoms with Crippen LogP contribution < -0.4 is 10.6 Å². The molecule has 0 nitrogen and oxygen atoms in total. The van der Waals surface area contributed by atoms with E-state index in [0.29, 0.717) is 0 Å². The SMILES string of the molecule is c1ccc(C2CCCCC2)c(PCCCPc2ccccc2C2CCCCC2)c1. The van der Waals surface area contributed by atoms with Gasteiger partial charge in [0.15, 0.2) is 0 Å². The highest BCUT2D eigenvalue weighted by Crippen LogP contribution is 2.35. The van der Waals surface area contributed by atoms with Crippen molar-refractivity contribution in [2.75, 3.05) is 12.3 Å². The minimum Gasteiger partial charge on any atom is -0.0901 e. The molecule has 0 aromatic heterocycles. The van der Waals surface area contributed by atoms with Crippen LogP contribution in [0.2, 0.25) is 0 Å². The zero-order valence-electron chi connectivity index (χ0n) is 18.0. The molecular formula is C27H38P2. The molecule has 2 aromatic rings. The molecule has 0 saturated heterocycles. The Kier molecular flexibility index (Phi) is 8.63. The molecule has 0 bridgehead atoms. The van der Waals surface area contributed by atoms with E-state index < -0.39 is 0 Å². The van der Waals surface area contributed by atoms with Gasteiger partial charge in [-0.3, -0.25) is 0 Å². The fraction of sp³-hybridized carbons (Fsp3) is 0.556. The van der Waals surface area contributed by atoms with Gasteiger partial charge in [-0.2, -0.15) is 0 Å². The minimum atomic E-state index is 0.844. The zero-order valence-corrected chi connectivity index (χ0v) is 20.0. The lowest BCUT2D eigenvalue weighted by atomic mass is 9.84. The van der Waals surface area contributed by atoms with Crippen molar-refractivity contribution in [1.29, 1.82) is 0 Å². The van der Waals surface area contributed by atoms with Crippen LogP contribution in [0.1, 0.15) is 93.6 Å². The van der Waals surface area contributed by atoms with E-state index >= 15 is 0 Å². The summed E-state index contributed by atoms with van der Waals surface area (Å²) in [5.74, 6) is 1.69.